The number of fused-ring (bicyclic) bond motifs is 1. The molecule has 3 aromatic rings. The fourth-order valence-electron chi connectivity index (χ4n) is 3.28. The maximum absolute atomic E-state index is 13.1. The molecule has 1 aliphatic heterocycles. The molecule has 0 aliphatic carbocycles. The average molecular weight is 468 g/mol. The normalized spacial score (nSPS) is 14.8. The van der Waals surface area contributed by atoms with Crippen LogP contribution in [0.2, 0.25) is 0 Å². The minimum atomic E-state index is -1.29. The number of anilines is 1. The Morgan fingerprint density at radius 3 is 2.64 bits per heavy atom. The molecule has 0 radical (unpaired) electrons. The minimum Gasteiger partial charge on any atom is -0.481 e. The van der Waals surface area contributed by atoms with Crippen molar-refractivity contribution >= 4 is 29.5 Å². The second-order valence-corrected chi connectivity index (χ2v) is 8.31. The monoisotopic (exact) mass is 468 g/mol. The Morgan fingerprint density at radius 2 is 1.91 bits per heavy atom. The minimum absolute atomic E-state index is 0.0623. The molecule has 4 rings (SSSR count). The topological polar surface area (TPSA) is 122 Å². The van der Waals surface area contributed by atoms with Crippen molar-refractivity contribution in [3.63, 3.8) is 0 Å². The van der Waals surface area contributed by atoms with Gasteiger partial charge in [-0.25, -0.2) is 9.78 Å². The standard InChI is InChI=1S/C22H20N4O6S/c1-25-18-16(20(28)26(22(25)30)11-13-6-4-3-5-7-13)33-17(19(27)24-18)21(29)32-12-14-8-9-23-15(10-14)31-2/h3-10,17H,11-12H2,1-2H3,(H,24,27). The van der Waals surface area contributed by atoms with Gasteiger partial charge in [-0.15, -0.1) is 0 Å². The van der Waals surface area contributed by atoms with Crippen molar-refractivity contribution in [2.45, 2.75) is 23.3 Å². The van der Waals surface area contributed by atoms with Crippen LogP contribution in [0.1, 0.15) is 11.1 Å². The first-order valence-electron chi connectivity index (χ1n) is 9.90. The van der Waals surface area contributed by atoms with E-state index in [0.29, 0.717) is 11.4 Å². The third-order valence-corrected chi connectivity index (χ3v) is 6.26. The molecule has 1 amide bonds. The number of benzene rings is 1. The van der Waals surface area contributed by atoms with Crippen molar-refractivity contribution in [1.82, 2.24) is 14.1 Å². The number of hydrogen-bond acceptors (Lipinski definition) is 8. The summed E-state index contributed by atoms with van der Waals surface area (Å²) in [5.74, 6) is -1.05. The maximum atomic E-state index is 13.1. The Bertz CT molecular complexity index is 1330. The van der Waals surface area contributed by atoms with Crippen LogP contribution in [0, 0.1) is 0 Å². The highest BCUT2D eigenvalue weighted by Gasteiger charge is 2.38. The van der Waals surface area contributed by atoms with Crippen LogP contribution in [0.15, 0.2) is 63.1 Å². The van der Waals surface area contributed by atoms with Gasteiger partial charge in [-0.3, -0.25) is 23.5 Å². The van der Waals surface area contributed by atoms with E-state index in [1.807, 2.05) is 18.2 Å². The zero-order valence-electron chi connectivity index (χ0n) is 17.8. The molecule has 1 aromatic carbocycles. The second kappa shape index (κ2) is 9.33. The lowest BCUT2D eigenvalue weighted by Crippen LogP contribution is -2.46. The molecule has 2 aromatic heterocycles. The maximum Gasteiger partial charge on any atom is 0.332 e. The van der Waals surface area contributed by atoms with Crippen molar-refractivity contribution in [2.24, 2.45) is 7.05 Å². The zero-order chi connectivity index (χ0) is 23.5. The number of pyridine rings is 1. The largest absolute Gasteiger partial charge is 0.481 e. The van der Waals surface area contributed by atoms with Crippen LogP contribution in [0.4, 0.5) is 5.82 Å². The summed E-state index contributed by atoms with van der Waals surface area (Å²) >= 11 is 0.774. The number of nitrogens with one attached hydrogen (secondary N) is 1. The van der Waals surface area contributed by atoms with Gasteiger partial charge < -0.3 is 14.8 Å². The van der Waals surface area contributed by atoms with Crippen LogP contribution in [-0.4, -0.2) is 38.4 Å². The van der Waals surface area contributed by atoms with Crippen LogP contribution in [0.3, 0.4) is 0 Å². The Morgan fingerprint density at radius 1 is 1.15 bits per heavy atom. The van der Waals surface area contributed by atoms with Gasteiger partial charge in [-0.2, -0.15) is 0 Å². The van der Waals surface area contributed by atoms with E-state index >= 15 is 0 Å². The third-order valence-electron chi connectivity index (χ3n) is 5.01. The molecular weight excluding hydrogens is 448 g/mol. The van der Waals surface area contributed by atoms with Gasteiger partial charge in [0.2, 0.25) is 11.8 Å². The summed E-state index contributed by atoms with van der Waals surface area (Å²) in [6.45, 7) is -0.0342. The lowest BCUT2D eigenvalue weighted by atomic mass is 10.2. The van der Waals surface area contributed by atoms with E-state index in [2.05, 4.69) is 10.3 Å². The summed E-state index contributed by atoms with van der Waals surface area (Å²) in [5.41, 5.74) is 0.240. The van der Waals surface area contributed by atoms with Crippen LogP contribution in [0.25, 0.3) is 0 Å². The van der Waals surface area contributed by atoms with E-state index in [1.54, 1.807) is 24.3 Å². The summed E-state index contributed by atoms with van der Waals surface area (Å²) in [6, 6.07) is 12.3. The lowest BCUT2D eigenvalue weighted by molar-refractivity contribution is -0.146. The highest BCUT2D eigenvalue weighted by Crippen LogP contribution is 2.32. The fourth-order valence-corrected chi connectivity index (χ4v) is 4.36. The number of hydrogen-bond donors (Lipinski definition) is 1. The molecule has 0 saturated carbocycles. The molecule has 3 heterocycles. The second-order valence-electron chi connectivity index (χ2n) is 7.20. The summed E-state index contributed by atoms with van der Waals surface area (Å²) in [5, 5.41) is 1.21. The van der Waals surface area contributed by atoms with E-state index in [1.165, 1.54) is 24.9 Å². The highest BCUT2D eigenvalue weighted by atomic mass is 32.2. The Kier molecular flexibility index (Phi) is 6.31. The Hall–Kier alpha value is -3.86. The number of amides is 1. The summed E-state index contributed by atoms with van der Waals surface area (Å²) in [4.78, 5) is 55.2. The molecule has 170 valence electrons. The molecule has 0 saturated heterocycles. The van der Waals surface area contributed by atoms with Gasteiger partial charge in [0.15, 0.2) is 5.25 Å². The van der Waals surface area contributed by atoms with E-state index in [-0.39, 0.29) is 23.9 Å². The van der Waals surface area contributed by atoms with Crippen molar-refractivity contribution < 1.29 is 19.1 Å². The lowest BCUT2D eigenvalue weighted by Gasteiger charge is -2.24. The number of aromatic nitrogens is 3. The highest BCUT2D eigenvalue weighted by molar-refractivity contribution is 8.01. The SMILES string of the molecule is COc1cc(COC(=O)C2Sc3c(n(C)c(=O)n(Cc4ccccc4)c3=O)NC2=O)ccn1. The van der Waals surface area contributed by atoms with E-state index in [0.717, 1.165) is 21.9 Å². The summed E-state index contributed by atoms with van der Waals surface area (Å²) in [6.07, 6.45) is 1.51. The number of carbonyl (C=O) groups excluding carboxylic acids is 2. The summed E-state index contributed by atoms with van der Waals surface area (Å²) < 4.78 is 12.6. The third kappa shape index (κ3) is 4.53. The van der Waals surface area contributed by atoms with Crippen molar-refractivity contribution in [3.05, 3.63) is 80.6 Å². The van der Waals surface area contributed by atoms with Gasteiger partial charge >= 0.3 is 11.7 Å². The Labute approximate surface area is 192 Å². The molecule has 11 heteroatoms. The van der Waals surface area contributed by atoms with Gasteiger partial charge in [0.1, 0.15) is 17.3 Å². The number of carbonyl (C=O) groups is 2. The van der Waals surface area contributed by atoms with Crippen LogP contribution < -0.4 is 21.3 Å². The predicted molar refractivity (Wildman–Crippen MR) is 120 cm³/mol. The smallest absolute Gasteiger partial charge is 0.332 e. The first-order valence-corrected chi connectivity index (χ1v) is 10.8. The molecule has 33 heavy (non-hydrogen) atoms. The number of ether oxygens (including phenoxy) is 2. The number of esters is 1. The molecule has 1 aliphatic rings. The predicted octanol–water partition coefficient (Wildman–Crippen LogP) is 1.16. The number of rotatable bonds is 6. The quantitative estimate of drug-likeness (QED) is 0.423. The van der Waals surface area contributed by atoms with Crippen LogP contribution in [0.5, 0.6) is 5.88 Å². The molecule has 1 N–H and O–H groups in total. The van der Waals surface area contributed by atoms with Crippen molar-refractivity contribution in [1.29, 1.82) is 0 Å². The van der Waals surface area contributed by atoms with E-state index in [9.17, 15) is 19.2 Å². The summed E-state index contributed by atoms with van der Waals surface area (Å²) in [7, 11) is 2.93. The molecular formula is C22H20N4O6S. The zero-order valence-corrected chi connectivity index (χ0v) is 18.6. The number of nitrogens with zero attached hydrogens (tertiary/aromatic N) is 3. The van der Waals surface area contributed by atoms with Gasteiger partial charge in [0, 0.05) is 19.3 Å². The van der Waals surface area contributed by atoms with Gasteiger partial charge in [0.05, 0.1) is 13.7 Å². The number of thioether (sulfide) groups is 1. The average Bonchev–Trinajstić information content (AvgIpc) is 2.84. The molecule has 10 nitrogen and oxygen atoms in total. The fraction of sp³-hybridized carbons (Fsp3) is 0.227. The molecule has 0 spiro atoms. The first-order chi connectivity index (χ1) is 15.9. The van der Waals surface area contributed by atoms with Crippen LogP contribution in [-0.2, 0) is 34.5 Å². The van der Waals surface area contributed by atoms with Crippen LogP contribution >= 0.6 is 11.8 Å². The number of methoxy groups -OCH3 is 1. The Balaban J connectivity index is 1.59. The van der Waals surface area contributed by atoms with Gasteiger partial charge in [-0.1, -0.05) is 42.1 Å². The molecule has 1 unspecified atom stereocenters. The van der Waals surface area contributed by atoms with Crippen molar-refractivity contribution in [2.75, 3.05) is 12.4 Å². The van der Waals surface area contributed by atoms with E-state index < -0.39 is 28.4 Å². The molecule has 0 bridgehead atoms. The molecule has 0 fully saturated rings. The molecule has 1 atom stereocenters. The van der Waals surface area contributed by atoms with Crippen molar-refractivity contribution in [3.8, 4) is 5.88 Å². The first kappa shape index (κ1) is 22.3. The van der Waals surface area contributed by atoms with E-state index in [4.69, 9.17) is 9.47 Å². The van der Waals surface area contributed by atoms with Gasteiger partial charge in [-0.05, 0) is 17.2 Å². The van der Waals surface area contributed by atoms with Gasteiger partial charge in [0.25, 0.3) is 5.56 Å².